The Morgan fingerprint density at radius 3 is 2.43 bits per heavy atom. The first-order chi connectivity index (χ1) is 9.97. The van der Waals surface area contributed by atoms with E-state index in [1.54, 1.807) is 6.07 Å². The van der Waals surface area contributed by atoms with Crippen molar-refractivity contribution in [2.75, 3.05) is 13.8 Å². The molecule has 0 aliphatic heterocycles. The Morgan fingerprint density at radius 2 is 1.86 bits per heavy atom. The molecule has 0 aliphatic rings. The number of halogens is 3. The van der Waals surface area contributed by atoms with E-state index in [9.17, 15) is 18.0 Å². The monoisotopic (exact) mass is 295 g/mol. The number of hydrogen-bond acceptors (Lipinski definition) is 3. The topological polar surface area (TPSA) is 39.2 Å². The van der Waals surface area contributed by atoms with Crippen molar-refractivity contribution >= 4 is 5.97 Å². The third kappa shape index (κ3) is 3.21. The average molecular weight is 295 g/mol. The zero-order valence-corrected chi connectivity index (χ0v) is 11.1. The Kier molecular flexibility index (Phi) is 4.26. The van der Waals surface area contributed by atoms with E-state index >= 15 is 0 Å². The van der Waals surface area contributed by atoms with Crippen molar-refractivity contribution in [2.24, 2.45) is 0 Å². The summed E-state index contributed by atoms with van der Waals surface area (Å²) in [5.41, 5.74) is 1.03. The van der Waals surface area contributed by atoms with Gasteiger partial charge in [0.05, 0.1) is 12.7 Å². The number of nitrogens with zero attached hydrogens (tertiary/aromatic N) is 1. The van der Waals surface area contributed by atoms with Crippen LogP contribution >= 0.6 is 0 Å². The van der Waals surface area contributed by atoms with Crippen LogP contribution in [-0.2, 0) is 10.7 Å². The van der Waals surface area contributed by atoms with Crippen LogP contribution in [0.4, 0.5) is 13.2 Å². The minimum atomic E-state index is -3.50. The molecule has 0 aliphatic carbocycles. The molecular formula is C15H12F3NO2. The van der Waals surface area contributed by atoms with Gasteiger partial charge in [-0.25, -0.2) is 9.18 Å². The molecule has 0 saturated carbocycles. The van der Waals surface area contributed by atoms with Crippen molar-refractivity contribution in [3.05, 3.63) is 53.9 Å². The third-order valence-corrected chi connectivity index (χ3v) is 2.97. The summed E-state index contributed by atoms with van der Waals surface area (Å²) in [7, 11) is 1.25. The molecule has 0 fully saturated rings. The summed E-state index contributed by atoms with van der Waals surface area (Å²) in [6, 6.07) is 6.70. The van der Waals surface area contributed by atoms with Gasteiger partial charge in [0.2, 0.25) is 0 Å². The smallest absolute Gasteiger partial charge is 0.339 e. The molecule has 3 nitrogen and oxygen atoms in total. The quantitative estimate of drug-likeness (QED) is 0.809. The molecule has 2 aromatic rings. The lowest BCUT2D eigenvalue weighted by Crippen LogP contribution is -2.15. The summed E-state index contributed by atoms with van der Waals surface area (Å²) in [5, 5.41) is 0. The predicted molar refractivity (Wildman–Crippen MR) is 70.9 cm³/mol. The molecule has 6 heteroatoms. The lowest BCUT2D eigenvalue weighted by molar-refractivity contribution is -0.0280. The minimum absolute atomic E-state index is 0.258. The van der Waals surface area contributed by atoms with Gasteiger partial charge < -0.3 is 4.74 Å². The van der Waals surface area contributed by atoms with Crippen LogP contribution in [0.2, 0.25) is 0 Å². The number of alkyl halides is 3. The van der Waals surface area contributed by atoms with Gasteiger partial charge in [0, 0.05) is 23.5 Å². The van der Waals surface area contributed by atoms with Crippen molar-refractivity contribution < 1.29 is 22.7 Å². The van der Waals surface area contributed by atoms with Crippen LogP contribution in [-0.4, -0.2) is 24.7 Å². The Labute approximate surface area is 119 Å². The maximum absolute atomic E-state index is 13.2. The lowest BCUT2D eigenvalue weighted by Gasteiger charge is -2.13. The minimum Gasteiger partial charge on any atom is -0.465 e. The van der Waals surface area contributed by atoms with Crippen LogP contribution in [0.25, 0.3) is 11.1 Å². The Balaban J connectivity index is 2.33. The van der Waals surface area contributed by atoms with Crippen molar-refractivity contribution in [3.63, 3.8) is 0 Å². The van der Waals surface area contributed by atoms with Gasteiger partial charge in [0.1, 0.15) is 0 Å². The van der Waals surface area contributed by atoms with E-state index in [2.05, 4.69) is 9.72 Å². The van der Waals surface area contributed by atoms with Crippen LogP contribution in [0, 0.1) is 0 Å². The van der Waals surface area contributed by atoms with Gasteiger partial charge in [-0.05, 0) is 11.6 Å². The summed E-state index contributed by atoms with van der Waals surface area (Å²) in [6.07, 6.45) is 2.84. The second kappa shape index (κ2) is 5.95. The molecule has 1 aromatic heterocycles. The summed E-state index contributed by atoms with van der Waals surface area (Å²) >= 11 is 0. The SMILES string of the molecule is COC(=O)c1cncc(-c2ccc(C(F)(F)CF)cc2)c1. The number of rotatable bonds is 4. The summed E-state index contributed by atoms with van der Waals surface area (Å²) in [4.78, 5) is 15.3. The van der Waals surface area contributed by atoms with Gasteiger partial charge in [-0.2, -0.15) is 8.78 Å². The predicted octanol–water partition coefficient (Wildman–Crippen LogP) is 3.60. The van der Waals surface area contributed by atoms with Crippen molar-refractivity contribution in [3.8, 4) is 11.1 Å². The molecule has 0 atom stereocenters. The maximum atomic E-state index is 13.2. The van der Waals surface area contributed by atoms with E-state index in [1.165, 1.54) is 31.6 Å². The van der Waals surface area contributed by atoms with E-state index in [4.69, 9.17) is 0 Å². The number of esters is 1. The normalized spacial score (nSPS) is 11.2. The standard InChI is InChI=1S/C15H12F3NO2/c1-21-14(20)12-6-11(7-19-8-12)10-2-4-13(5-3-10)15(17,18)9-16/h2-8H,9H2,1H3. The number of methoxy groups -OCH3 is 1. The molecule has 0 bridgehead atoms. The van der Waals surface area contributed by atoms with Gasteiger partial charge in [0.15, 0.2) is 6.67 Å². The van der Waals surface area contributed by atoms with Crippen molar-refractivity contribution in [1.82, 2.24) is 4.98 Å². The third-order valence-electron chi connectivity index (χ3n) is 2.97. The first kappa shape index (κ1) is 15.0. The largest absolute Gasteiger partial charge is 0.465 e. The molecule has 1 aromatic carbocycles. The van der Waals surface area contributed by atoms with Crippen LogP contribution in [0.5, 0.6) is 0 Å². The van der Waals surface area contributed by atoms with E-state index in [0.717, 1.165) is 12.1 Å². The first-order valence-corrected chi connectivity index (χ1v) is 6.06. The number of aromatic nitrogens is 1. The number of pyridine rings is 1. The number of benzene rings is 1. The van der Waals surface area contributed by atoms with Crippen LogP contribution in [0.3, 0.4) is 0 Å². The highest BCUT2D eigenvalue weighted by Crippen LogP contribution is 2.30. The molecule has 0 saturated heterocycles. The van der Waals surface area contributed by atoms with Gasteiger partial charge >= 0.3 is 11.9 Å². The fourth-order valence-electron chi connectivity index (χ4n) is 1.81. The molecule has 0 amide bonds. The van der Waals surface area contributed by atoms with E-state index in [-0.39, 0.29) is 5.56 Å². The number of ether oxygens (including phenoxy) is 1. The molecular weight excluding hydrogens is 283 g/mol. The van der Waals surface area contributed by atoms with Crippen LogP contribution in [0.1, 0.15) is 15.9 Å². The van der Waals surface area contributed by atoms with E-state index in [1.807, 2.05) is 0 Å². The lowest BCUT2D eigenvalue weighted by atomic mass is 10.0. The molecule has 1 heterocycles. The molecule has 2 rings (SSSR count). The van der Waals surface area contributed by atoms with Gasteiger partial charge in [-0.15, -0.1) is 0 Å². The molecule has 110 valence electrons. The summed E-state index contributed by atoms with van der Waals surface area (Å²) < 4.78 is 43.2. The highest BCUT2D eigenvalue weighted by atomic mass is 19.3. The number of carbonyl (C=O) groups is 1. The zero-order chi connectivity index (χ0) is 15.5. The van der Waals surface area contributed by atoms with Gasteiger partial charge in [-0.1, -0.05) is 24.3 Å². The highest BCUT2D eigenvalue weighted by molar-refractivity contribution is 5.90. The second-order valence-corrected chi connectivity index (χ2v) is 4.37. The molecule has 0 spiro atoms. The summed E-state index contributed by atoms with van der Waals surface area (Å²) in [5.74, 6) is -4.03. The van der Waals surface area contributed by atoms with Crippen LogP contribution < -0.4 is 0 Å². The van der Waals surface area contributed by atoms with E-state index in [0.29, 0.717) is 11.1 Å². The zero-order valence-electron chi connectivity index (χ0n) is 11.1. The second-order valence-electron chi connectivity index (χ2n) is 4.37. The summed E-state index contributed by atoms with van der Waals surface area (Å²) in [6.45, 7) is -1.74. The van der Waals surface area contributed by atoms with Gasteiger partial charge in [0.25, 0.3) is 0 Å². The number of carbonyl (C=O) groups excluding carboxylic acids is 1. The molecule has 0 N–H and O–H groups in total. The van der Waals surface area contributed by atoms with Crippen LogP contribution in [0.15, 0.2) is 42.7 Å². The highest BCUT2D eigenvalue weighted by Gasteiger charge is 2.31. The van der Waals surface area contributed by atoms with Gasteiger partial charge in [-0.3, -0.25) is 4.98 Å². The molecule has 21 heavy (non-hydrogen) atoms. The Bertz CT molecular complexity index is 642. The van der Waals surface area contributed by atoms with Crippen molar-refractivity contribution in [2.45, 2.75) is 5.92 Å². The average Bonchev–Trinajstić information content (AvgIpc) is 2.54. The molecule has 0 unspecified atom stereocenters. The molecule has 0 radical (unpaired) electrons. The van der Waals surface area contributed by atoms with Crippen molar-refractivity contribution in [1.29, 1.82) is 0 Å². The Morgan fingerprint density at radius 1 is 1.19 bits per heavy atom. The van der Waals surface area contributed by atoms with E-state index < -0.39 is 24.1 Å². The maximum Gasteiger partial charge on any atom is 0.339 e. The fraction of sp³-hybridized carbons (Fsp3) is 0.200. The number of hydrogen-bond donors (Lipinski definition) is 0. The first-order valence-electron chi connectivity index (χ1n) is 6.06. The Hall–Kier alpha value is -2.37. The fourth-order valence-corrected chi connectivity index (χ4v) is 1.81.